The van der Waals surface area contributed by atoms with E-state index in [1.165, 1.54) is 44.1 Å². The molecule has 25 heavy (non-hydrogen) atoms. The average Bonchev–Trinajstić information content (AvgIpc) is 2.87. The van der Waals surface area contributed by atoms with Gasteiger partial charge in [-0.15, -0.1) is 0 Å². The monoisotopic (exact) mass is 366 g/mol. The van der Waals surface area contributed by atoms with Crippen molar-refractivity contribution in [3.05, 3.63) is 62.6 Å². The van der Waals surface area contributed by atoms with E-state index in [0.717, 1.165) is 4.64 Å². The molecule has 1 aliphatic rings. The van der Waals surface area contributed by atoms with Gasteiger partial charge in [-0.3, -0.25) is 3.96 Å². The number of nitrogens with zero attached hydrogens (tertiary/aromatic N) is 1. The van der Waals surface area contributed by atoms with Gasteiger partial charge in [0.25, 0.3) is 0 Å². The molecule has 1 aromatic heterocycles. The molecule has 0 atom stereocenters. The van der Waals surface area contributed by atoms with Gasteiger partial charge in [-0.05, 0) is 58.4 Å². The number of benzene rings is 2. The Bertz CT molecular complexity index is 1050. The van der Waals surface area contributed by atoms with Crippen LogP contribution in [0.1, 0.15) is 35.4 Å². The lowest BCUT2D eigenvalue weighted by Crippen LogP contribution is -2.30. The Hall–Kier alpha value is -1.91. The second kappa shape index (κ2) is 5.55. The van der Waals surface area contributed by atoms with Crippen LogP contribution in [-0.2, 0) is 5.54 Å². The van der Waals surface area contributed by atoms with Gasteiger partial charge in [0.05, 0.1) is 16.1 Å². The van der Waals surface area contributed by atoms with E-state index in [-0.39, 0.29) is 5.54 Å². The van der Waals surface area contributed by atoms with Gasteiger partial charge in [-0.1, -0.05) is 53.1 Å². The van der Waals surface area contributed by atoms with E-state index in [9.17, 15) is 0 Å². The predicted molar refractivity (Wildman–Crippen MR) is 111 cm³/mol. The quantitative estimate of drug-likeness (QED) is 0.494. The molecule has 0 saturated carbocycles. The van der Waals surface area contributed by atoms with Crippen molar-refractivity contribution in [1.29, 1.82) is 0 Å². The molecule has 2 nitrogen and oxygen atoms in total. The van der Waals surface area contributed by atoms with E-state index in [1.807, 2.05) is 0 Å². The van der Waals surface area contributed by atoms with Gasteiger partial charge >= 0.3 is 0 Å². The zero-order valence-corrected chi connectivity index (χ0v) is 16.9. The van der Waals surface area contributed by atoms with Crippen LogP contribution in [0.5, 0.6) is 0 Å². The normalized spacial score (nSPS) is 14.6. The maximum atomic E-state index is 5.95. The Morgan fingerprint density at radius 2 is 1.68 bits per heavy atom. The molecule has 2 heterocycles. The van der Waals surface area contributed by atoms with Crippen LogP contribution >= 0.6 is 23.8 Å². The molecule has 3 aromatic rings. The first kappa shape index (κ1) is 16.6. The first-order valence-electron chi connectivity index (χ1n) is 8.51. The number of rotatable bonds is 1. The highest BCUT2D eigenvalue weighted by molar-refractivity contribution is 7.71. The summed E-state index contributed by atoms with van der Waals surface area (Å²) in [6, 6.07) is 13.1. The smallest absolute Gasteiger partial charge is 0.129 e. The molecule has 0 radical (unpaired) electrons. The predicted octanol–water partition coefficient (Wildman–Crippen LogP) is 6.52. The Labute approximate surface area is 158 Å². The van der Waals surface area contributed by atoms with Crippen LogP contribution in [0, 0.1) is 25.4 Å². The van der Waals surface area contributed by atoms with E-state index < -0.39 is 0 Å². The molecular weight excluding hydrogens is 344 g/mol. The van der Waals surface area contributed by atoms with E-state index in [0.29, 0.717) is 0 Å². The fourth-order valence-corrected chi connectivity index (χ4v) is 5.32. The first-order chi connectivity index (χ1) is 11.8. The van der Waals surface area contributed by atoms with Gasteiger partial charge in [0, 0.05) is 16.8 Å². The number of hydrogen-bond donors (Lipinski definition) is 1. The van der Waals surface area contributed by atoms with E-state index in [1.54, 1.807) is 11.5 Å². The number of fused-ring (bicyclic) bond motifs is 3. The molecule has 0 amide bonds. The fraction of sp³-hybridized carbons (Fsp3) is 0.286. The summed E-state index contributed by atoms with van der Waals surface area (Å²) in [5.41, 5.74) is 8.42. The maximum Gasteiger partial charge on any atom is 0.129 e. The number of aryl methyl sites for hydroxylation is 3. The Morgan fingerprint density at radius 1 is 1.00 bits per heavy atom. The number of nitrogens with one attached hydrogen (secondary N) is 1. The molecule has 0 aliphatic carbocycles. The number of anilines is 1. The Kier molecular flexibility index (Phi) is 3.67. The zero-order chi connectivity index (χ0) is 17.9. The Balaban J connectivity index is 2.04. The fourth-order valence-electron chi connectivity index (χ4n) is 3.60. The molecule has 4 rings (SSSR count). The Morgan fingerprint density at radius 3 is 2.40 bits per heavy atom. The molecule has 4 heteroatoms. The first-order valence-corrected chi connectivity index (χ1v) is 9.70. The molecule has 0 spiro atoms. The molecule has 0 fully saturated rings. The lowest BCUT2D eigenvalue weighted by Gasteiger charge is -2.33. The summed E-state index contributed by atoms with van der Waals surface area (Å²) < 4.78 is 3.13. The third-order valence-corrected chi connectivity index (χ3v) is 6.80. The second-order valence-electron chi connectivity index (χ2n) is 7.48. The topological polar surface area (TPSA) is 17.0 Å². The molecule has 2 aromatic carbocycles. The van der Waals surface area contributed by atoms with Crippen LogP contribution < -0.4 is 5.32 Å². The van der Waals surface area contributed by atoms with Crippen molar-refractivity contribution in [3.8, 4) is 16.8 Å². The average molecular weight is 367 g/mol. The summed E-state index contributed by atoms with van der Waals surface area (Å²) in [6.45, 7) is 10.9. The van der Waals surface area contributed by atoms with Gasteiger partial charge in [-0.2, -0.15) is 0 Å². The molecule has 1 N–H and O–H groups in total. The number of aromatic nitrogens is 1. The van der Waals surface area contributed by atoms with Crippen molar-refractivity contribution < 1.29 is 0 Å². The minimum Gasteiger partial charge on any atom is -0.375 e. The third-order valence-electron chi connectivity index (χ3n) is 4.84. The third kappa shape index (κ3) is 2.55. The SMILES string of the molecule is Cc1ccc(-n2sc3c(c2=S)-c2cc(C)ccc2NC3(C)C)c(C)c1. The van der Waals surface area contributed by atoms with Crippen LogP contribution in [0.4, 0.5) is 5.69 Å². The summed E-state index contributed by atoms with van der Waals surface area (Å²) in [6.07, 6.45) is 0. The van der Waals surface area contributed by atoms with E-state index >= 15 is 0 Å². The summed E-state index contributed by atoms with van der Waals surface area (Å²) in [7, 11) is 0. The summed E-state index contributed by atoms with van der Waals surface area (Å²) in [4.78, 5) is 1.30. The van der Waals surface area contributed by atoms with Crippen LogP contribution in [0.25, 0.3) is 16.8 Å². The highest BCUT2D eigenvalue weighted by atomic mass is 32.1. The lowest BCUT2D eigenvalue weighted by atomic mass is 9.89. The van der Waals surface area contributed by atoms with Crippen LogP contribution in [-0.4, -0.2) is 3.96 Å². The molecule has 1 aliphatic heterocycles. The minimum atomic E-state index is -0.139. The van der Waals surface area contributed by atoms with Crippen molar-refractivity contribution in [2.24, 2.45) is 0 Å². The highest BCUT2D eigenvalue weighted by Crippen LogP contribution is 2.47. The maximum absolute atomic E-state index is 5.95. The van der Waals surface area contributed by atoms with Crippen LogP contribution in [0.3, 0.4) is 0 Å². The standard InChI is InChI=1S/C21H22N2S2/c1-12-7-9-17(14(3)10-12)23-20(24)18-15-11-13(2)6-8-16(15)22-21(4,5)19(18)25-23/h6-11,22H,1-5H3. The molecule has 128 valence electrons. The van der Waals surface area contributed by atoms with Crippen molar-refractivity contribution in [1.82, 2.24) is 3.96 Å². The van der Waals surface area contributed by atoms with Crippen LogP contribution in [0.15, 0.2) is 36.4 Å². The minimum absolute atomic E-state index is 0.139. The highest BCUT2D eigenvalue weighted by Gasteiger charge is 2.34. The van der Waals surface area contributed by atoms with Crippen molar-refractivity contribution in [3.63, 3.8) is 0 Å². The molecule has 0 unspecified atom stereocenters. The molecule has 0 bridgehead atoms. The summed E-state index contributed by atoms with van der Waals surface area (Å²) in [5.74, 6) is 0. The lowest BCUT2D eigenvalue weighted by molar-refractivity contribution is 0.620. The second-order valence-corrected chi connectivity index (χ2v) is 8.83. The number of hydrogen-bond acceptors (Lipinski definition) is 3. The van der Waals surface area contributed by atoms with Crippen molar-refractivity contribution >= 4 is 29.4 Å². The van der Waals surface area contributed by atoms with Gasteiger partial charge in [0.1, 0.15) is 4.64 Å². The zero-order valence-electron chi connectivity index (χ0n) is 15.2. The van der Waals surface area contributed by atoms with Gasteiger partial charge in [0.2, 0.25) is 0 Å². The van der Waals surface area contributed by atoms with Gasteiger partial charge < -0.3 is 5.32 Å². The summed E-state index contributed by atoms with van der Waals surface area (Å²) >= 11 is 7.72. The van der Waals surface area contributed by atoms with Crippen molar-refractivity contribution in [2.75, 3.05) is 5.32 Å². The molecule has 0 saturated heterocycles. The van der Waals surface area contributed by atoms with Crippen LogP contribution in [0.2, 0.25) is 0 Å². The van der Waals surface area contributed by atoms with Gasteiger partial charge in [-0.25, -0.2) is 0 Å². The van der Waals surface area contributed by atoms with Crippen molar-refractivity contribution in [2.45, 2.75) is 40.2 Å². The van der Waals surface area contributed by atoms with Gasteiger partial charge in [0.15, 0.2) is 0 Å². The molecular formula is C21H22N2S2. The van der Waals surface area contributed by atoms with E-state index in [2.05, 4.69) is 80.3 Å². The largest absolute Gasteiger partial charge is 0.375 e. The van der Waals surface area contributed by atoms with E-state index in [4.69, 9.17) is 12.2 Å². The summed E-state index contributed by atoms with van der Waals surface area (Å²) in [5, 5.41) is 3.69.